The highest BCUT2D eigenvalue weighted by atomic mass is 35.5. The molecule has 0 aliphatic rings. The van der Waals surface area contributed by atoms with Gasteiger partial charge in [-0.15, -0.1) is 11.3 Å². The number of aromatic nitrogens is 1. The first-order valence-corrected chi connectivity index (χ1v) is 8.51. The Labute approximate surface area is 135 Å². The fourth-order valence-corrected chi connectivity index (χ4v) is 4.56. The van der Waals surface area contributed by atoms with E-state index in [-0.39, 0.29) is 26.0 Å². The molecular formula is C12H8Cl2N2O3S2. The van der Waals surface area contributed by atoms with E-state index < -0.39 is 10.0 Å². The van der Waals surface area contributed by atoms with Crippen molar-refractivity contribution >= 4 is 50.4 Å². The SMILES string of the molecule is O=S(=O)(Nc1cc(C#CCO)ccn1)c1cc(Cl)sc1Cl. The lowest BCUT2D eigenvalue weighted by Crippen LogP contribution is -2.13. The van der Waals surface area contributed by atoms with Crippen molar-refractivity contribution < 1.29 is 13.5 Å². The number of hydrogen-bond donors (Lipinski definition) is 2. The molecule has 0 unspecified atom stereocenters. The second-order valence-electron chi connectivity index (χ2n) is 3.68. The molecule has 2 rings (SSSR count). The highest BCUT2D eigenvalue weighted by Gasteiger charge is 2.21. The molecule has 0 bridgehead atoms. The Morgan fingerprint density at radius 1 is 1.38 bits per heavy atom. The van der Waals surface area contributed by atoms with Crippen LogP contribution in [0, 0.1) is 11.8 Å². The highest BCUT2D eigenvalue weighted by molar-refractivity contribution is 7.93. The first-order chi connectivity index (χ1) is 9.92. The number of hydrogen-bond acceptors (Lipinski definition) is 5. The molecule has 0 aliphatic heterocycles. The van der Waals surface area contributed by atoms with Gasteiger partial charge in [-0.3, -0.25) is 4.72 Å². The second-order valence-corrected chi connectivity index (χ2v) is 7.62. The molecule has 0 radical (unpaired) electrons. The highest BCUT2D eigenvalue weighted by Crippen LogP contribution is 2.34. The third-order valence-corrected chi connectivity index (χ3v) is 5.33. The fraction of sp³-hybridized carbons (Fsp3) is 0.0833. The molecule has 0 saturated carbocycles. The third-order valence-electron chi connectivity index (χ3n) is 2.23. The molecule has 0 saturated heterocycles. The minimum Gasteiger partial charge on any atom is -0.384 e. The molecule has 9 heteroatoms. The van der Waals surface area contributed by atoms with E-state index in [1.165, 1.54) is 18.3 Å². The zero-order valence-electron chi connectivity index (χ0n) is 10.3. The van der Waals surface area contributed by atoms with Crippen LogP contribution in [0.25, 0.3) is 0 Å². The van der Waals surface area contributed by atoms with Gasteiger partial charge in [0, 0.05) is 11.8 Å². The molecule has 0 amide bonds. The van der Waals surface area contributed by atoms with Crippen LogP contribution in [0.15, 0.2) is 29.3 Å². The third kappa shape index (κ3) is 4.09. The zero-order valence-corrected chi connectivity index (χ0v) is 13.4. The van der Waals surface area contributed by atoms with Gasteiger partial charge in [0.25, 0.3) is 10.0 Å². The summed E-state index contributed by atoms with van der Waals surface area (Å²) in [5.41, 5.74) is 0.520. The minimum atomic E-state index is -3.88. The summed E-state index contributed by atoms with van der Waals surface area (Å²) in [4.78, 5) is 3.80. The topological polar surface area (TPSA) is 79.3 Å². The maximum absolute atomic E-state index is 12.2. The summed E-state index contributed by atoms with van der Waals surface area (Å²) in [6.45, 7) is -0.285. The molecule has 0 aromatic carbocycles. The molecular weight excluding hydrogens is 355 g/mol. The summed E-state index contributed by atoms with van der Waals surface area (Å²) >= 11 is 12.5. The van der Waals surface area contributed by atoms with Gasteiger partial charge in [-0.2, -0.15) is 0 Å². The maximum Gasteiger partial charge on any atom is 0.265 e. The number of nitrogens with one attached hydrogen (secondary N) is 1. The van der Waals surface area contributed by atoms with Crippen molar-refractivity contribution in [3.63, 3.8) is 0 Å². The molecule has 2 heterocycles. The van der Waals surface area contributed by atoms with E-state index in [9.17, 15) is 8.42 Å². The Morgan fingerprint density at radius 2 is 2.14 bits per heavy atom. The summed E-state index contributed by atoms with van der Waals surface area (Å²) in [6, 6.07) is 4.31. The molecule has 0 spiro atoms. The summed E-state index contributed by atoms with van der Waals surface area (Å²) in [5, 5.41) is 8.64. The monoisotopic (exact) mass is 362 g/mol. The number of sulfonamides is 1. The summed E-state index contributed by atoms with van der Waals surface area (Å²) < 4.78 is 27.0. The van der Waals surface area contributed by atoms with Crippen molar-refractivity contribution in [1.29, 1.82) is 0 Å². The number of anilines is 1. The van der Waals surface area contributed by atoms with Crippen LogP contribution < -0.4 is 4.72 Å². The fourth-order valence-electron chi connectivity index (χ4n) is 1.41. The lowest BCUT2D eigenvalue weighted by molar-refractivity contribution is 0.350. The van der Waals surface area contributed by atoms with Gasteiger partial charge in [0.05, 0.1) is 4.34 Å². The number of aliphatic hydroxyl groups is 1. The molecule has 2 aromatic rings. The molecule has 5 nitrogen and oxygen atoms in total. The molecule has 0 aliphatic carbocycles. The van der Waals surface area contributed by atoms with Crippen molar-refractivity contribution in [3.8, 4) is 11.8 Å². The number of rotatable bonds is 3. The Hall–Kier alpha value is -1.30. The largest absolute Gasteiger partial charge is 0.384 e. The van der Waals surface area contributed by atoms with Crippen LogP contribution >= 0.6 is 34.5 Å². The van der Waals surface area contributed by atoms with E-state index in [1.807, 2.05) is 0 Å². The van der Waals surface area contributed by atoms with Gasteiger partial charge < -0.3 is 5.11 Å². The number of halogens is 2. The predicted molar refractivity (Wildman–Crippen MR) is 83.3 cm³/mol. The number of nitrogens with zero attached hydrogens (tertiary/aromatic N) is 1. The summed E-state index contributed by atoms with van der Waals surface area (Å²) in [6.07, 6.45) is 1.40. The number of aliphatic hydroxyl groups excluding tert-OH is 1. The Balaban J connectivity index is 2.31. The minimum absolute atomic E-state index is 0.0729. The maximum atomic E-state index is 12.2. The summed E-state index contributed by atoms with van der Waals surface area (Å²) in [7, 11) is -3.88. The van der Waals surface area contributed by atoms with Gasteiger partial charge in [-0.25, -0.2) is 13.4 Å². The molecule has 2 N–H and O–H groups in total. The van der Waals surface area contributed by atoms with Crippen LogP contribution in [0.4, 0.5) is 5.82 Å². The van der Waals surface area contributed by atoms with E-state index in [0.29, 0.717) is 5.56 Å². The van der Waals surface area contributed by atoms with Crippen LogP contribution in [0.2, 0.25) is 8.67 Å². The zero-order chi connectivity index (χ0) is 15.5. The van der Waals surface area contributed by atoms with Crippen LogP contribution in [0.3, 0.4) is 0 Å². The quantitative estimate of drug-likeness (QED) is 0.822. The van der Waals surface area contributed by atoms with Crippen molar-refractivity contribution in [2.24, 2.45) is 0 Å². The van der Waals surface area contributed by atoms with E-state index in [1.54, 1.807) is 6.07 Å². The number of thiophene rings is 1. The Morgan fingerprint density at radius 3 is 2.76 bits per heavy atom. The van der Waals surface area contributed by atoms with E-state index in [0.717, 1.165) is 11.3 Å². The van der Waals surface area contributed by atoms with Crippen LogP contribution in [0.5, 0.6) is 0 Å². The summed E-state index contributed by atoms with van der Waals surface area (Å²) in [5.74, 6) is 5.21. The van der Waals surface area contributed by atoms with Crippen LogP contribution in [-0.2, 0) is 10.0 Å². The van der Waals surface area contributed by atoms with Crippen molar-refractivity contribution in [2.45, 2.75) is 4.90 Å². The first-order valence-electron chi connectivity index (χ1n) is 5.46. The number of pyridine rings is 1. The van der Waals surface area contributed by atoms with E-state index in [4.69, 9.17) is 28.3 Å². The van der Waals surface area contributed by atoms with Gasteiger partial charge in [-0.05, 0) is 18.2 Å². The molecule has 2 aromatic heterocycles. The Kier molecular flexibility index (Phi) is 5.08. The molecule has 21 heavy (non-hydrogen) atoms. The molecule has 0 fully saturated rings. The molecule has 110 valence electrons. The van der Waals surface area contributed by atoms with Crippen molar-refractivity contribution in [3.05, 3.63) is 38.6 Å². The average Bonchev–Trinajstić information content (AvgIpc) is 2.76. The second kappa shape index (κ2) is 6.64. The predicted octanol–water partition coefficient (Wildman–Crippen LogP) is 2.59. The smallest absolute Gasteiger partial charge is 0.265 e. The van der Waals surface area contributed by atoms with E-state index >= 15 is 0 Å². The van der Waals surface area contributed by atoms with Gasteiger partial charge in [-0.1, -0.05) is 35.0 Å². The van der Waals surface area contributed by atoms with Gasteiger partial charge in [0.15, 0.2) is 0 Å². The first kappa shape index (κ1) is 16.1. The Bertz CT molecular complexity index is 823. The molecule has 0 atom stereocenters. The van der Waals surface area contributed by atoms with Crippen molar-refractivity contribution in [2.75, 3.05) is 11.3 Å². The lowest BCUT2D eigenvalue weighted by Gasteiger charge is -2.06. The normalized spacial score (nSPS) is 10.8. The van der Waals surface area contributed by atoms with Crippen LogP contribution in [-0.4, -0.2) is 25.1 Å². The average molecular weight is 363 g/mol. The van der Waals surface area contributed by atoms with Crippen molar-refractivity contribution in [1.82, 2.24) is 4.98 Å². The lowest BCUT2D eigenvalue weighted by atomic mass is 10.2. The van der Waals surface area contributed by atoms with Gasteiger partial charge >= 0.3 is 0 Å². The van der Waals surface area contributed by atoms with Crippen LogP contribution in [0.1, 0.15) is 5.56 Å². The van der Waals surface area contributed by atoms with E-state index in [2.05, 4.69) is 21.5 Å². The van der Waals surface area contributed by atoms with Gasteiger partial charge in [0.1, 0.15) is 21.7 Å². The van der Waals surface area contributed by atoms with Gasteiger partial charge in [0.2, 0.25) is 0 Å². The standard InChI is InChI=1S/C12H8Cl2N2O3S2/c13-10-7-9(12(14)20-10)21(18,19)16-11-6-8(2-1-5-17)3-4-15-11/h3-4,6-7,17H,5H2,(H,15,16).